The van der Waals surface area contributed by atoms with Crippen LogP contribution in [0.1, 0.15) is 12.5 Å². The molecule has 0 spiro atoms. The molecule has 6 nitrogen and oxygen atoms in total. The van der Waals surface area contributed by atoms with Crippen molar-refractivity contribution >= 4 is 22.5 Å². The predicted octanol–water partition coefficient (Wildman–Crippen LogP) is 2.27. The fourth-order valence-corrected chi connectivity index (χ4v) is 4.02. The van der Waals surface area contributed by atoms with Crippen molar-refractivity contribution in [3.05, 3.63) is 36.0 Å². The minimum atomic E-state index is -4.52. The molecule has 1 aromatic carbocycles. The van der Waals surface area contributed by atoms with Gasteiger partial charge in [0.1, 0.15) is 6.17 Å². The molecule has 2 N–H and O–H groups in total. The second-order valence-corrected chi connectivity index (χ2v) is 7.66. The van der Waals surface area contributed by atoms with E-state index in [1.54, 1.807) is 19.1 Å². The average Bonchev–Trinajstić information content (AvgIpc) is 3.10. The molecule has 162 valence electrons. The number of fused-ring (bicyclic) bond motifs is 1. The van der Waals surface area contributed by atoms with Crippen molar-refractivity contribution in [3.8, 4) is 0 Å². The standard InChI is InChI=1S/C20H22F4N4O2/c1-11-9-28(10-17(30-11)19(29)27-15-8-25-7-14(15)21)16-5-4-13(20(22,23)24)18-12(16)3-2-6-26-18/h2-6,11,14-15,17,25H,7-10H2,1H3,(H,27,29)/t11-,14+,15?,17-/m1/s1. The summed E-state index contributed by atoms with van der Waals surface area (Å²) in [5.41, 5.74) is -0.398. The van der Waals surface area contributed by atoms with Crippen LogP contribution in [0.2, 0.25) is 0 Å². The number of hydrogen-bond acceptors (Lipinski definition) is 5. The highest BCUT2D eigenvalue weighted by atomic mass is 19.4. The number of ether oxygens (including phenoxy) is 1. The third-order valence-electron chi connectivity index (χ3n) is 5.41. The molecule has 3 heterocycles. The molecule has 1 amide bonds. The van der Waals surface area contributed by atoms with Crippen molar-refractivity contribution in [2.45, 2.75) is 37.5 Å². The van der Waals surface area contributed by atoms with Crippen LogP contribution in [0.15, 0.2) is 30.5 Å². The number of alkyl halides is 4. The third-order valence-corrected chi connectivity index (χ3v) is 5.41. The van der Waals surface area contributed by atoms with Gasteiger partial charge in [0.2, 0.25) is 0 Å². The average molecular weight is 426 g/mol. The summed E-state index contributed by atoms with van der Waals surface area (Å²) in [6.45, 7) is 2.85. The molecule has 2 fully saturated rings. The van der Waals surface area contributed by atoms with E-state index in [9.17, 15) is 22.4 Å². The minimum absolute atomic E-state index is 0.139. The maximum absolute atomic E-state index is 13.8. The van der Waals surface area contributed by atoms with Crippen LogP contribution in [0, 0.1) is 0 Å². The Balaban J connectivity index is 1.61. The zero-order chi connectivity index (χ0) is 21.5. The van der Waals surface area contributed by atoms with Crippen LogP contribution in [0.25, 0.3) is 10.9 Å². The van der Waals surface area contributed by atoms with Gasteiger partial charge in [-0.1, -0.05) is 0 Å². The van der Waals surface area contributed by atoms with Gasteiger partial charge in [-0.25, -0.2) is 4.39 Å². The van der Waals surface area contributed by atoms with Crippen LogP contribution in [0.5, 0.6) is 0 Å². The first-order valence-corrected chi connectivity index (χ1v) is 9.74. The summed E-state index contributed by atoms with van der Waals surface area (Å²) < 4.78 is 59.7. The quantitative estimate of drug-likeness (QED) is 0.738. The number of hydrogen-bond donors (Lipinski definition) is 2. The van der Waals surface area contributed by atoms with E-state index in [0.29, 0.717) is 24.2 Å². The molecule has 0 radical (unpaired) electrons. The van der Waals surface area contributed by atoms with Crippen LogP contribution >= 0.6 is 0 Å². The van der Waals surface area contributed by atoms with Crippen molar-refractivity contribution in [2.24, 2.45) is 0 Å². The Bertz CT molecular complexity index is 939. The molecule has 1 aromatic heterocycles. The number of carbonyl (C=O) groups is 1. The second kappa shape index (κ2) is 7.99. The molecule has 0 bridgehead atoms. The highest BCUT2D eigenvalue weighted by molar-refractivity contribution is 5.94. The summed E-state index contributed by atoms with van der Waals surface area (Å²) in [4.78, 5) is 18.4. The van der Waals surface area contributed by atoms with Crippen molar-refractivity contribution in [3.63, 3.8) is 0 Å². The smallest absolute Gasteiger partial charge is 0.365 e. The summed E-state index contributed by atoms with van der Waals surface area (Å²) in [5, 5.41) is 5.89. The Morgan fingerprint density at radius 2 is 2.07 bits per heavy atom. The highest BCUT2D eigenvalue weighted by Gasteiger charge is 2.37. The fraction of sp³-hybridized carbons (Fsp3) is 0.500. The number of amides is 1. The van der Waals surface area contributed by atoms with E-state index < -0.39 is 36.0 Å². The SMILES string of the molecule is C[C@@H]1CN(c2ccc(C(F)(F)F)c3ncccc23)C[C@H](C(=O)NC2CNC[C@@H]2F)O1. The molecule has 2 aliphatic rings. The highest BCUT2D eigenvalue weighted by Crippen LogP contribution is 2.38. The van der Waals surface area contributed by atoms with Crippen LogP contribution < -0.4 is 15.5 Å². The first-order valence-electron chi connectivity index (χ1n) is 9.74. The molecule has 4 rings (SSSR count). The van der Waals surface area contributed by atoms with Gasteiger partial charge >= 0.3 is 6.18 Å². The molecule has 10 heteroatoms. The van der Waals surface area contributed by atoms with E-state index in [0.717, 1.165) is 6.07 Å². The van der Waals surface area contributed by atoms with Gasteiger partial charge in [0.05, 0.1) is 29.8 Å². The van der Waals surface area contributed by atoms with E-state index in [2.05, 4.69) is 15.6 Å². The van der Waals surface area contributed by atoms with Gasteiger partial charge in [-0.3, -0.25) is 9.78 Å². The van der Waals surface area contributed by atoms with Gasteiger partial charge in [-0.2, -0.15) is 13.2 Å². The number of nitrogens with one attached hydrogen (secondary N) is 2. The Morgan fingerprint density at radius 3 is 2.77 bits per heavy atom. The normalized spacial score (nSPS) is 27.4. The summed E-state index contributed by atoms with van der Waals surface area (Å²) in [7, 11) is 0. The van der Waals surface area contributed by atoms with Gasteiger partial charge in [-0.05, 0) is 31.2 Å². The summed E-state index contributed by atoms with van der Waals surface area (Å²) in [6.07, 6.45) is -5.58. The van der Waals surface area contributed by atoms with Crippen LogP contribution in [-0.4, -0.2) is 61.5 Å². The van der Waals surface area contributed by atoms with Crippen molar-refractivity contribution in [1.82, 2.24) is 15.6 Å². The molecule has 2 aliphatic heterocycles. The lowest BCUT2D eigenvalue weighted by Gasteiger charge is -2.38. The van der Waals surface area contributed by atoms with Gasteiger partial charge < -0.3 is 20.3 Å². The fourth-order valence-electron chi connectivity index (χ4n) is 4.02. The number of halogens is 4. The Morgan fingerprint density at radius 1 is 1.27 bits per heavy atom. The van der Waals surface area contributed by atoms with Crippen molar-refractivity contribution in [2.75, 3.05) is 31.1 Å². The summed E-state index contributed by atoms with van der Waals surface area (Å²) in [6, 6.07) is 4.95. The van der Waals surface area contributed by atoms with E-state index in [-0.39, 0.29) is 24.7 Å². The summed E-state index contributed by atoms with van der Waals surface area (Å²) >= 11 is 0. The maximum Gasteiger partial charge on any atom is 0.418 e. The molecule has 0 aliphatic carbocycles. The topological polar surface area (TPSA) is 66.5 Å². The van der Waals surface area contributed by atoms with Gasteiger partial charge in [0.25, 0.3) is 5.91 Å². The molecular formula is C20H22F4N4O2. The largest absolute Gasteiger partial charge is 0.418 e. The molecule has 4 atom stereocenters. The van der Waals surface area contributed by atoms with E-state index in [1.165, 1.54) is 12.3 Å². The van der Waals surface area contributed by atoms with Crippen LogP contribution in [0.3, 0.4) is 0 Å². The minimum Gasteiger partial charge on any atom is -0.365 e. The molecule has 30 heavy (non-hydrogen) atoms. The number of morpholine rings is 1. The molecule has 2 aromatic rings. The zero-order valence-corrected chi connectivity index (χ0v) is 16.2. The van der Waals surface area contributed by atoms with Gasteiger partial charge in [0.15, 0.2) is 6.10 Å². The maximum atomic E-state index is 13.8. The molecule has 1 unspecified atom stereocenters. The Hall–Kier alpha value is -2.46. The van der Waals surface area contributed by atoms with E-state index in [1.807, 2.05) is 4.90 Å². The number of anilines is 1. The number of carbonyl (C=O) groups excluding carboxylic acids is 1. The van der Waals surface area contributed by atoms with Crippen LogP contribution in [0.4, 0.5) is 23.2 Å². The van der Waals surface area contributed by atoms with Crippen molar-refractivity contribution in [1.29, 1.82) is 0 Å². The van der Waals surface area contributed by atoms with E-state index in [4.69, 9.17) is 4.74 Å². The second-order valence-electron chi connectivity index (χ2n) is 7.66. The van der Waals surface area contributed by atoms with E-state index >= 15 is 0 Å². The first-order chi connectivity index (χ1) is 14.2. The Kier molecular flexibility index (Phi) is 5.54. The number of rotatable bonds is 3. The molecule has 0 saturated carbocycles. The van der Waals surface area contributed by atoms with Gasteiger partial charge in [0, 0.05) is 36.9 Å². The number of aromatic nitrogens is 1. The molecule has 2 saturated heterocycles. The summed E-state index contributed by atoms with van der Waals surface area (Å²) in [5.74, 6) is -0.433. The number of nitrogens with zero attached hydrogens (tertiary/aromatic N) is 2. The van der Waals surface area contributed by atoms with Gasteiger partial charge in [-0.15, -0.1) is 0 Å². The third kappa shape index (κ3) is 4.06. The number of benzene rings is 1. The lowest BCUT2D eigenvalue weighted by molar-refractivity contribution is -0.138. The molecular weight excluding hydrogens is 404 g/mol. The lowest BCUT2D eigenvalue weighted by Crippen LogP contribution is -2.55. The Labute approximate surface area is 170 Å². The monoisotopic (exact) mass is 426 g/mol. The predicted molar refractivity (Wildman–Crippen MR) is 103 cm³/mol. The number of pyridine rings is 1. The van der Waals surface area contributed by atoms with Crippen LogP contribution in [-0.2, 0) is 15.7 Å². The van der Waals surface area contributed by atoms with Crippen molar-refractivity contribution < 1.29 is 27.1 Å². The first kappa shape index (κ1) is 20.8. The zero-order valence-electron chi connectivity index (χ0n) is 16.2. The lowest BCUT2D eigenvalue weighted by atomic mass is 10.0.